The summed E-state index contributed by atoms with van der Waals surface area (Å²) in [5, 5.41) is 3.48. The van der Waals surface area contributed by atoms with Gasteiger partial charge in [-0.1, -0.05) is 0 Å². The molecule has 26 heavy (non-hydrogen) atoms. The van der Waals surface area contributed by atoms with Crippen molar-refractivity contribution in [1.82, 2.24) is 19.7 Å². The fourth-order valence-corrected chi connectivity index (χ4v) is 3.38. The Balaban J connectivity index is 1.72. The monoisotopic (exact) mass is 378 g/mol. The summed E-state index contributed by atoms with van der Waals surface area (Å²) >= 11 is 5.79. The van der Waals surface area contributed by atoms with Gasteiger partial charge in [0.15, 0.2) is 5.82 Å². The number of hydrogen-bond acceptors (Lipinski definition) is 6. The number of anilines is 1. The van der Waals surface area contributed by atoms with Crippen LogP contribution in [0.25, 0.3) is 11.3 Å². The Morgan fingerprint density at radius 2 is 1.96 bits per heavy atom. The number of nitrogens with zero attached hydrogens (tertiary/aromatic N) is 5. The van der Waals surface area contributed by atoms with Gasteiger partial charge in [-0.3, -0.25) is 19.4 Å². The molecule has 0 bridgehead atoms. The number of carbonyl (C=O) groups is 2. The lowest BCUT2D eigenvalue weighted by Crippen LogP contribution is -2.42. The van der Waals surface area contributed by atoms with E-state index < -0.39 is 11.5 Å². The SMILES string of the molecule is Cn1cc(-c2cnc(N(C(=O)Cl)C3CCC(OC(N)=O)CC3)cn2)cn1. The van der Waals surface area contributed by atoms with Gasteiger partial charge in [0.1, 0.15) is 6.10 Å². The average molecular weight is 379 g/mol. The summed E-state index contributed by atoms with van der Waals surface area (Å²) in [4.78, 5) is 33.0. The van der Waals surface area contributed by atoms with Crippen LogP contribution < -0.4 is 10.6 Å². The number of carbonyl (C=O) groups excluding carboxylic acids is 2. The van der Waals surface area contributed by atoms with Crippen LogP contribution in [0.1, 0.15) is 25.7 Å². The number of primary amides is 1. The molecule has 10 heteroatoms. The molecule has 2 N–H and O–H groups in total. The highest BCUT2D eigenvalue weighted by Gasteiger charge is 2.31. The minimum Gasteiger partial charge on any atom is -0.446 e. The van der Waals surface area contributed by atoms with Crippen LogP contribution >= 0.6 is 11.6 Å². The molecule has 3 rings (SSSR count). The molecule has 1 aliphatic rings. The third kappa shape index (κ3) is 4.10. The van der Waals surface area contributed by atoms with Gasteiger partial charge in [-0.15, -0.1) is 0 Å². The van der Waals surface area contributed by atoms with Gasteiger partial charge in [0.2, 0.25) is 0 Å². The maximum Gasteiger partial charge on any atom is 0.404 e. The Morgan fingerprint density at radius 3 is 2.46 bits per heavy atom. The van der Waals surface area contributed by atoms with Gasteiger partial charge in [0.05, 0.1) is 24.3 Å². The Bertz CT molecular complexity index is 786. The van der Waals surface area contributed by atoms with E-state index in [1.807, 2.05) is 13.2 Å². The number of halogens is 1. The highest BCUT2D eigenvalue weighted by Crippen LogP contribution is 2.29. The maximum atomic E-state index is 12.0. The zero-order chi connectivity index (χ0) is 18.7. The quantitative estimate of drug-likeness (QED) is 0.645. The minimum atomic E-state index is -0.782. The van der Waals surface area contributed by atoms with Gasteiger partial charge in [0, 0.05) is 24.8 Å². The molecule has 0 unspecified atom stereocenters. The summed E-state index contributed by atoms with van der Waals surface area (Å²) in [6.07, 6.45) is 8.08. The van der Waals surface area contributed by atoms with Crippen molar-refractivity contribution in [2.24, 2.45) is 12.8 Å². The van der Waals surface area contributed by atoms with Crippen molar-refractivity contribution in [3.63, 3.8) is 0 Å². The molecule has 2 heterocycles. The molecule has 0 aliphatic heterocycles. The zero-order valence-electron chi connectivity index (χ0n) is 14.2. The third-order valence-corrected chi connectivity index (χ3v) is 4.55. The van der Waals surface area contributed by atoms with Crippen molar-refractivity contribution in [1.29, 1.82) is 0 Å². The highest BCUT2D eigenvalue weighted by atomic mass is 35.5. The molecule has 138 valence electrons. The predicted octanol–water partition coefficient (Wildman–Crippen LogP) is 2.45. The molecular weight excluding hydrogens is 360 g/mol. The van der Waals surface area contributed by atoms with Crippen molar-refractivity contribution in [3.8, 4) is 11.3 Å². The van der Waals surface area contributed by atoms with Crippen LogP contribution in [0.3, 0.4) is 0 Å². The second-order valence-corrected chi connectivity index (χ2v) is 6.48. The largest absolute Gasteiger partial charge is 0.446 e. The molecule has 0 aromatic carbocycles. The van der Waals surface area contributed by atoms with Crippen LogP contribution in [0.5, 0.6) is 0 Å². The summed E-state index contributed by atoms with van der Waals surface area (Å²) in [5.74, 6) is 0.386. The van der Waals surface area contributed by atoms with Gasteiger partial charge in [-0.2, -0.15) is 5.10 Å². The van der Waals surface area contributed by atoms with Crippen molar-refractivity contribution in [2.75, 3.05) is 4.90 Å². The lowest BCUT2D eigenvalue weighted by Gasteiger charge is -2.34. The van der Waals surface area contributed by atoms with E-state index >= 15 is 0 Å². The number of aryl methyl sites for hydroxylation is 1. The van der Waals surface area contributed by atoms with Crippen LogP contribution in [0.4, 0.5) is 15.4 Å². The van der Waals surface area contributed by atoms with E-state index in [4.69, 9.17) is 22.1 Å². The normalized spacial score (nSPS) is 19.8. The molecule has 1 fully saturated rings. The van der Waals surface area contributed by atoms with Gasteiger partial charge in [-0.05, 0) is 37.3 Å². The second-order valence-electron chi connectivity index (χ2n) is 6.15. The Morgan fingerprint density at radius 1 is 1.23 bits per heavy atom. The van der Waals surface area contributed by atoms with Crippen molar-refractivity contribution < 1.29 is 14.3 Å². The zero-order valence-corrected chi connectivity index (χ0v) is 15.0. The number of hydrogen-bond donors (Lipinski definition) is 1. The van der Waals surface area contributed by atoms with Gasteiger partial charge < -0.3 is 10.5 Å². The van der Waals surface area contributed by atoms with Gasteiger partial charge >= 0.3 is 11.5 Å². The average Bonchev–Trinajstić information content (AvgIpc) is 3.03. The maximum absolute atomic E-state index is 12.0. The van der Waals surface area contributed by atoms with Crippen LogP contribution in [0, 0.1) is 0 Å². The van der Waals surface area contributed by atoms with Crippen molar-refractivity contribution in [3.05, 3.63) is 24.8 Å². The molecule has 9 nitrogen and oxygen atoms in total. The van der Waals surface area contributed by atoms with E-state index in [1.165, 1.54) is 11.1 Å². The van der Waals surface area contributed by atoms with E-state index in [9.17, 15) is 9.59 Å². The van der Waals surface area contributed by atoms with Crippen molar-refractivity contribution >= 4 is 28.9 Å². The summed E-state index contributed by atoms with van der Waals surface area (Å²) in [7, 11) is 1.82. The standard InChI is InChI=1S/C16H19ClN6O3/c1-22-9-10(6-21-22)13-7-20-14(8-19-13)23(15(17)24)11-2-4-12(5-3-11)26-16(18)25/h6-9,11-12H,2-5H2,1H3,(H2,18,25). The highest BCUT2D eigenvalue weighted by molar-refractivity contribution is 6.66. The second kappa shape index (κ2) is 7.69. The summed E-state index contributed by atoms with van der Waals surface area (Å²) < 4.78 is 6.69. The van der Waals surface area contributed by atoms with E-state index in [1.54, 1.807) is 17.1 Å². The molecule has 1 aliphatic carbocycles. The number of rotatable bonds is 4. The molecule has 0 saturated heterocycles. The van der Waals surface area contributed by atoms with E-state index in [2.05, 4.69) is 15.1 Å². The molecular formula is C16H19ClN6O3. The molecule has 2 aromatic heterocycles. The number of amides is 2. The third-order valence-electron chi connectivity index (χ3n) is 4.37. The molecule has 0 atom stereocenters. The predicted molar refractivity (Wildman–Crippen MR) is 94.7 cm³/mol. The van der Waals surface area contributed by atoms with Crippen LogP contribution in [-0.2, 0) is 11.8 Å². The molecule has 1 saturated carbocycles. The van der Waals surface area contributed by atoms with Crippen LogP contribution in [0.2, 0.25) is 0 Å². The Labute approximate surface area is 155 Å². The summed E-state index contributed by atoms with van der Waals surface area (Å²) in [6.45, 7) is 0. The molecule has 0 radical (unpaired) electrons. The first kappa shape index (κ1) is 18.1. The lowest BCUT2D eigenvalue weighted by molar-refractivity contribution is 0.0789. The number of ether oxygens (including phenoxy) is 1. The first-order valence-electron chi connectivity index (χ1n) is 8.20. The first-order valence-corrected chi connectivity index (χ1v) is 8.57. The van der Waals surface area contributed by atoms with Gasteiger partial charge in [0.25, 0.3) is 0 Å². The topological polar surface area (TPSA) is 116 Å². The Hall–Kier alpha value is -2.68. The molecule has 2 aromatic rings. The fourth-order valence-electron chi connectivity index (χ4n) is 3.15. The Kier molecular flexibility index (Phi) is 5.36. The summed E-state index contributed by atoms with van der Waals surface area (Å²) in [6, 6.07) is -0.133. The molecule has 2 amide bonds. The smallest absolute Gasteiger partial charge is 0.404 e. The van der Waals surface area contributed by atoms with E-state index in [0.29, 0.717) is 37.2 Å². The van der Waals surface area contributed by atoms with E-state index in [0.717, 1.165) is 5.56 Å². The fraction of sp³-hybridized carbons (Fsp3) is 0.438. The first-order chi connectivity index (χ1) is 12.4. The summed E-state index contributed by atoms with van der Waals surface area (Å²) in [5.41, 5.74) is 6.54. The lowest BCUT2D eigenvalue weighted by atomic mass is 9.92. The van der Waals surface area contributed by atoms with Crippen LogP contribution in [0.15, 0.2) is 24.8 Å². The van der Waals surface area contributed by atoms with Crippen LogP contribution in [-0.4, -0.2) is 43.4 Å². The molecule has 0 spiro atoms. The minimum absolute atomic E-state index is 0.133. The van der Waals surface area contributed by atoms with Gasteiger partial charge in [-0.25, -0.2) is 9.78 Å². The number of nitrogens with two attached hydrogens (primary N) is 1. The van der Waals surface area contributed by atoms with E-state index in [-0.39, 0.29) is 12.1 Å². The van der Waals surface area contributed by atoms with Crippen molar-refractivity contribution in [2.45, 2.75) is 37.8 Å². The number of aromatic nitrogens is 4.